The Morgan fingerprint density at radius 3 is 2.71 bits per heavy atom. The van der Waals surface area contributed by atoms with E-state index in [1.54, 1.807) is 7.11 Å². The third-order valence-electron chi connectivity index (χ3n) is 3.37. The fourth-order valence-electron chi connectivity index (χ4n) is 2.34. The molecule has 0 bridgehead atoms. The van der Waals surface area contributed by atoms with E-state index in [9.17, 15) is 4.79 Å². The summed E-state index contributed by atoms with van der Waals surface area (Å²) in [6.45, 7) is 0.482. The summed E-state index contributed by atoms with van der Waals surface area (Å²) in [5.74, 6) is 0.502. The van der Waals surface area contributed by atoms with Gasteiger partial charge in [0, 0.05) is 13.0 Å². The largest absolute Gasteiger partial charge is 0.383 e. The molecule has 2 aromatic carbocycles. The Morgan fingerprint density at radius 2 is 2.00 bits per heavy atom. The van der Waals surface area contributed by atoms with Gasteiger partial charge in [-0.3, -0.25) is 4.79 Å². The Kier molecular flexibility index (Phi) is 6.03. The van der Waals surface area contributed by atoms with Crippen LogP contribution in [-0.4, -0.2) is 31.5 Å². The van der Waals surface area contributed by atoms with Crippen molar-refractivity contribution >= 4 is 28.3 Å². The van der Waals surface area contributed by atoms with E-state index in [0.29, 0.717) is 25.3 Å². The zero-order valence-electron chi connectivity index (χ0n) is 12.1. The first-order valence-electron chi connectivity index (χ1n) is 7.05. The number of rotatable bonds is 7. The summed E-state index contributed by atoms with van der Waals surface area (Å²) in [5, 5.41) is 5.30. The molecular formula is C17H20ClNO2. The first kappa shape index (κ1) is 15.8. The molecule has 0 fully saturated rings. The predicted molar refractivity (Wildman–Crippen MR) is 86.8 cm³/mol. The van der Waals surface area contributed by atoms with Crippen LogP contribution in [0.25, 0.3) is 10.8 Å². The van der Waals surface area contributed by atoms with Gasteiger partial charge in [0.2, 0.25) is 5.91 Å². The number of amides is 1. The molecule has 0 aliphatic carbocycles. The molecule has 0 radical (unpaired) electrons. The van der Waals surface area contributed by atoms with Gasteiger partial charge in [-0.05, 0) is 22.8 Å². The maximum absolute atomic E-state index is 12.1. The van der Waals surface area contributed by atoms with Gasteiger partial charge in [-0.15, -0.1) is 11.6 Å². The highest BCUT2D eigenvalue weighted by atomic mass is 35.5. The van der Waals surface area contributed by atoms with E-state index in [1.807, 2.05) is 24.3 Å². The maximum atomic E-state index is 12.1. The van der Waals surface area contributed by atoms with Crippen LogP contribution in [0.15, 0.2) is 42.5 Å². The average molecular weight is 306 g/mol. The highest BCUT2D eigenvalue weighted by molar-refractivity contribution is 6.17. The first-order chi connectivity index (χ1) is 10.2. The van der Waals surface area contributed by atoms with E-state index in [-0.39, 0.29) is 11.9 Å². The summed E-state index contributed by atoms with van der Waals surface area (Å²) in [5.41, 5.74) is 1.01. The van der Waals surface area contributed by atoms with Crippen molar-refractivity contribution in [3.8, 4) is 0 Å². The lowest BCUT2D eigenvalue weighted by atomic mass is 10.0. The smallest absolute Gasteiger partial charge is 0.224 e. The summed E-state index contributed by atoms with van der Waals surface area (Å²) in [6, 6.07) is 14.2. The minimum absolute atomic E-state index is 0.00236. The summed E-state index contributed by atoms with van der Waals surface area (Å²) in [4.78, 5) is 12.1. The molecule has 2 rings (SSSR count). The van der Waals surface area contributed by atoms with Gasteiger partial charge < -0.3 is 10.1 Å². The van der Waals surface area contributed by atoms with Gasteiger partial charge in [-0.1, -0.05) is 42.5 Å². The highest BCUT2D eigenvalue weighted by Gasteiger charge is 2.12. The van der Waals surface area contributed by atoms with E-state index in [1.165, 1.54) is 5.39 Å². The topological polar surface area (TPSA) is 38.3 Å². The molecule has 112 valence electrons. The van der Waals surface area contributed by atoms with E-state index in [0.717, 1.165) is 10.9 Å². The van der Waals surface area contributed by atoms with Gasteiger partial charge in [0.25, 0.3) is 0 Å². The minimum atomic E-state index is -0.0274. The normalized spacial score (nSPS) is 12.3. The van der Waals surface area contributed by atoms with Gasteiger partial charge in [0.05, 0.1) is 19.1 Å². The van der Waals surface area contributed by atoms with Gasteiger partial charge >= 0.3 is 0 Å². The van der Waals surface area contributed by atoms with Crippen LogP contribution in [0.3, 0.4) is 0 Å². The lowest BCUT2D eigenvalue weighted by Gasteiger charge is -2.16. The summed E-state index contributed by atoms with van der Waals surface area (Å²) in [7, 11) is 1.62. The molecule has 1 N–H and O–H groups in total. The zero-order valence-corrected chi connectivity index (χ0v) is 12.9. The van der Waals surface area contributed by atoms with Crippen LogP contribution >= 0.6 is 11.6 Å². The highest BCUT2D eigenvalue weighted by Crippen LogP contribution is 2.16. The van der Waals surface area contributed by atoms with E-state index >= 15 is 0 Å². The lowest BCUT2D eigenvalue weighted by molar-refractivity contribution is -0.121. The van der Waals surface area contributed by atoms with Crippen LogP contribution in [0.2, 0.25) is 0 Å². The average Bonchev–Trinajstić information content (AvgIpc) is 2.47. The Labute approximate surface area is 130 Å². The summed E-state index contributed by atoms with van der Waals surface area (Å²) in [6.07, 6.45) is 1.08. The van der Waals surface area contributed by atoms with E-state index < -0.39 is 0 Å². The molecule has 0 aromatic heterocycles. The van der Waals surface area contributed by atoms with Gasteiger partial charge in [-0.25, -0.2) is 0 Å². The van der Waals surface area contributed by atoms with Crippen molar-refractivity contribution in [3.05, 3.63) is 48.0 Å². The molecule has 1 amide bonds. The number of halogens is 1. The van der Waals surface area contributed by atoms with Crippen molar-refractivity contribution in [3.63, 3.8) is 0 Å². The fourth-order valence-corrected chi connectivity index (χ4v) is 2.61. The number of nitrogens with one attached hydrogen (secondary N) is 1. The van der Waals surface area contributed by atoms with Crippen LogP contribution in [0.1, 0.15) is 12.0 Å². The van der Waals surface area contributed by atoms with Crippen molar-refractivity contribution in [2.24, 2.45) is 0 Å². The van der Waals surface area contributed by atoms with Crippen molar-refractivity contribution < 1.29 is 9.53 Å². The number of methoxy groups -OCH3 is 1. The second-order valence-electron chi connectivity index (χ2n) is 5.06. The molecule has 0 aliphatic heterocycles. The van der Waals surface area contributed by atoms with Gasteiger partial charge in [0.1, 0.15) is 0 Å². The molecule has 0 heterocycles. The quantitative estimate of drug-likeness (QED) is 0.798. The van der Waals surface area contributed by atoms with Crippen LogP contribution in [0, 0.1) is 0 Å². The fraction of sp³-hybridized carbons (Fsp3) is 0.353. The van der Waals surface area contributed by atoms with Crippen molar-refractivity contribution in [1.82, 2.24) is 5.32 Å². The Morgan fingerprint density at radius 1 is 1.24 bits per heavy atom. The molecule has 1 unspecified atom stereocenters. The van der Waals surface area contributed by atoms with Crippen LogP contribution in [-0.2, 0) is 16.0 Å². The zero-order chi connectivity index (χ0) is 15.1. The van der Waals surface area contributed by atoms with Crippen LogP contribution in [0.5, 0.6) is 0 Å². The molecule has 0 saturated heterocycles. The number of hydrogen-bond donors (Lipinski definition) is 1. The van der Waals surface area contributed by atoms with Crippen LogP contribution in [0.4, 0.5) is 0 Å². The third kappa shape index (κ3) is 4.73. The molecule has 4 heteroatoms. The molecule has 21 heavy (non-hydrogen) atoms. The van der Waals surface area contributed by atoms with Crippen molar-refractivity contribution in [2.45, 2.75) is 18.9 Å². The molecule has 0 aliphatic rings. The predicted octanol–water partition coefficient (Wildman–Crippen LogP) is 3.14. The lowest BCUT2D eigenvalue weighted by Crippen LogP contribution is -2.39. The number of carbonyl (C=O) groups excluding carboxylic acids is 1. The second kappa shape index (κ2) is 8.01. The minimum Gasteiger partial charge on any atom is -0.383 e. The molecule has 0 spiro atoms. The molecule has 0 saturated carbocycles. The molecule has 2 aromatic rings. The third-order valence-corrected chi connectivity index (χ3v) is 3.59. The molecular weight excluding hydrogens is 286 g/mol. The summed E-state index contributed by atoms with van der Waals surface area (Å²) < 4.78 is 5.09. The first-order valence-corrected chi connectivity index (χ1v) is 7.58. The Hall–Kier alpha value is -1.58. The SMILES string of the molecule is COCC(CCCl)NC(=O)Cc1ccc2ccccc2c1. The van der Waals surface area contributed by atoms with E-state index in [4.69, 9.17) is 16.3 Å². The van der Waals surface area contributed by atoms with E-state index in [2.05, 4.69) is 23.5 Å². The Balaban J connectivity index is 2.00. The number of hydrogen-bond acceptors (Lipinski definition) is 2. The number of carbonyl (C=O) groups is 1. The maximum Gasteiger partial charge on any atom is 0.224 e. The second-order valence-corrected chi connectivity index (χ2v) is 5.43. The van der Waals surface area contributed by atoms with Crippen molar-refractivity contribution in [2.75, 3.05) is 19.6 Å². The summed E-state index contributed by atoms with van der Waals surface area (Å²) >= 11 is 5.73. The number of benzene rings is 2. The number of ether oxygens (including phenoxy) is 1. The number of fused-ring (bicyclic) bond motifs is 1. The van der Waals surface area contributed by atoms with Gasteiger partial charge in [0.15, 0.2) is 0 Å². The standard InChI is InChI=1S/C17H20ClNO2/c1-21-12-16(8-9-18)19-17(20)11-13-6-7-14-4-2-3-5-15(14)10-13/h2-7,10,16H,8-9,11-12H2,1H3,(H,19,20). The molecule has 1 atom stereocenters. The number of alkyl halides is 1. The Bertz CT molecular complexity index is 594. The molecule has 3 nitrogen and oxygen atoms in total. The van der Waals surface area contributed by atoms with Crippen molar-refractivity contribution in [1.29, 1.82) is 0 Å². The van der Waals surface area contributed by atoms with Crippen LogP contribution < -0.4 is 5.32 Å². The monoisotopic (exact) mass is 305 g/mol. The van der Waals surface area contributed by atoms with Gasteiger partial charge in [-0.2, -0.15) is 0 Å².